The van der Waals surface area contributed by atoms with E-state index in [9.17, 15) is 4.79 Å². The van der Waals surface area contributed by atoms with Crippen molar-refractivity contribution in [2.24, 2.45) is 0 Å². The Labute approximate surface area is 123 Å². The van der Waals surface area contributed by atoms with Gasteiger partial charge in [0, 0.05) is 16.1 Å². The molecule has 0 unspecified atom stereocenters. The van der Waals surface area contributed by atoms with Gasteiger partial charge in [-0.15, -0.1) is 11.8 Å². The fourth-order valence-corrected chi connectivity index (χ4v) is 2.52. The lowest BCUT2D eigenvalue weighted by Crippen LogP contribution is -2.02. The van der Waals surface area contributed by atoms with Gasteiger partial charge in [0.05, 0.1) is 11.3 Å². The Bertz CT molecular complexity index is 618. The van der Waals surface area contributed by atoms with E-state index in [-0.39, 0.29) is 5.75 Å². The number of hydrogen-bond donors (Lipinski definition) is 1. The Morgan fingerprint density at radius 3 is 3.00 bits per heavy atom. The number of pyridine rings is 1. The van der Waals surface area contributed by atoms with Crippen LogP contribution in [0.1, 0.15) is 5.56 Å². The van der Waals surface area contributed by atoms with Crippen LogP contribution < -0.4 is 4.74 Å². The molecular formula is C13H12BrNO3S. The van der Waals surface area contributed by atoms with Crippen LogP contribution >= 0.6 is 27.7 Å². The van der Waals surface area contributed by atoms with Crippen molar-refractivity contribution in [3.8, 4) is 5.75 Å². The van der Waals surface area contributed by atoms with Crippen LogP contribution in [0.4, 0.5) is 0 Å². The highest BCUT2D eigenvalue weighted by Gasteiger charge is 2.04. The van der Waals surface area contributed by atoms with Gasteiger partial charge >= 0.3 is 5.97 Å². The van der Waals surface area contributed by atoms with E-state index in [4.69, 9.17) is 9.84 Å². The number of fused-ring (bicyclic) bond motifs is 1. The molecule has 1 aromatic heterocycles. The highest BCUT2D eigenvalue weighted by Crippen LogP contribution is 2.26. The van der Waals surface area contributed by atoms with Crippen molar-refractivity contribution in [1.29, 1.82) is 0 Å². The molecule has 0 aliphatic carbocycles. The average molecular weight is 342 g/mol. The number of carbonyl (C=O) groups is 1. The van der Waals surface area contributed by atoms with Gasteiger partial charge in [-0.3, -0.25) is 9.78 Å². The minimum absolute atomic E-state index is 0.0413. The summed E-state index contributed by atoms with van der Waals surface area (Å²) in [7, 11) is 0. The first-order valence-corrected chi connectivity index (χ1v) is 7.49. The summed E-state index contributed by atoms with van der Waals surface area (Å²) in [6, 6.07) is 5.79. The molecule has 1 N–H and O–H groups in total. The first-order chi connectivity index (χ1) is 9.06. The molecule has 2 rings (SSSR count). The minimum atomic E-state index is -0.837. The van der Waals surface area contributed by atoms with E-state index >= 15 is 0 Å². The van der Waals surface area contributed by atoms with E-state index in [1.54, 1.807) is 6.20 Å². The molecule has 0 radical (unpaired) electrons. The lowest BCUT2D eigenvalue weighted by atomic mass is 10.1. The van der Waals surface area contributed by atoms with Gasteiger partial charge in [-0.25, -0.2) is 0 Å². The zero-order chi connectivity index (χ0) is 13.8. The van der Waals surface area contributed by atoms with Crippen molar-refractivity contribution in [3.63, 3.8) is 0 Å². The number of carboxylic acid groups (broad SMARTS) is 1. The van der Waals surface area contributed by atoms with Crippen molar-refractivity contribution in [3.05, 3.63) is 34.4 Å². The first-order valence-electron chi connectivity index (χ1n) is 5.54. The summed E-state index contributed by atoms with van der Waals surface area (Å²) >= 11 is 4.61. The first kappa shape index (κ1) is 14.1. The molecule has 0 spiro atoms. The van der Waals surface area contributed by atoms with Gasteiger partial charge in [0.2, 0.25) is 0 Å². The molecule has 0 bridgehead atoms. The molecule has 2 aromatic rings. The summed E-state index contributed by atoms with van der Waals surface area (Å²) in [5.74, 6) is 0.248. The smallest absolute Gasteiger partial charge is 0.313 e. The van der Waals surface area contributed by atoms with Crippen molar-refractivity contribution in [2.45, 2.75) is 6.92 Å². The van der Waals surface area contributed by atoms with Crippen molar-refractivity contribution < 1.29 is 14.6 Å². The van der Waals surface area contributed by atoms with E-state index in [1.807, 2.05) is 25.1 Å². The topological polar surface area (TPSA) is 59.4 Å². The third-order valence-electron chi connectivity index (χ3n) is 2.45. The van der Waals surface area contributed by atoms with Crippen LogP contribution in [-0.2, 0) is 4.79 Å². The number of rotatable bonds is 5. The number of hydrogen-bond acceptors (Lipinski definition) is 4. The lowest BCUT2D eigenvalue weighted by molar-refractivity contribution is -0.133. The van der Waals surface area contributed by atoms with Gasteiger partial charge in [0.1, 0.15) is 11.7 Å². The molecule has 6 heteroatoms. The number of aliphatic carboxylic acids is 1. The Kier molecular flexibility index (Phi) is 4.66. The van der Waals surface area contributed by atoms with Crippen LogP contribution in [0.15, 0.2) is 28.9 Å². The number of aryl methyl sites for hydroxylation is 1. The standard InChI is InChI=1S/C13H12BrNO3S/c1-8-2-11(18-7-19-6-12(16)17)4-9-3-10(14)5-15-13(8)9/h2-5H,6-7H2,1H3,(H,16,17). The molecule has 1 heterocycles. The Hall–Kier alpha value is -1.27. The predicted molar refractivity (Wildman–Crippen MR) is 79.8 cm³/mol. The second-order valence-corrected chi connectivity index (χ2v) is 5.82. The van der Waals surface area contributed by atoms with E-state index in [1.165, 1.54) is 11.8 Å². The second kappa shape index (κ2) is 6.25. The van der Waals surface area contributed by atoms with Gasteiger partial charge in [-0.2, -0.15) is 0 Å². The normalized spacial score (nSPS) is 10.6. The maximum absolute atomic E-state index is 10.4. The lowest BCUT2D eigenvalue weighted by Gasteiger charge is -2.08. The zero-order valence-corrected chi connectivity index (χ0v) is 12.6. The van der Waals surface area contributed by atoms with Crippen LogP contribution in [0, 0.1) is 6.92 Å². The van der Waals surface area contributed by atoms with Crippen molar-refractivity contribution >= 4 is 44.6 Å². The number of aromatic nitrogens is 1. The van der Waals surface area contributed by atoms with Crippen LogP contribution in [0.25, 0.3) is 10.9 Å². The molecule has 0 saturated heterocycles. The van der Waals surface area contributed by atoms with E-state index in [0.29, 0.717) is 5.94 Å². The Balaban J connectivity index is 2.13. The highest BCUT2D eigenvalue weighted by atomic mass is 79.9. The quantitative estimate of drug-likeness (QED) is 0.666. The minimum Gasteiger partial charge on any atom is -0.483 e. The molecule has 0 atom stereocenters. The fraction of sp³-hybridized carbons (Fsp3) is 0.231. The van der Waals surface area contributed by atoms with Crippen LogP contribution in [0.5, 0.6) is 5.75 Å². The van der Waals surface area contributed by atoms with Gasteiger partial charge in [0.15, 0.2) is 0 Å². The van der Waals surface area contributed by atoms with Gasteiger partial charge in [-0.1, -0.05) is 0 Å². The summed E-state index contributed by atoms with van der Waals surface area (Å²) < 4.78 is 6.46. The van der Waals surface area contributed by atoms with Crippen LogP contribution in [-0.4, -0.2) is 27.8 Å². The molecular weight excluding hydrogens is 330 g/mol. The molecule has 19 heavy (non-hydrogen) atoms. The van der Waals surface area contributed by atoms with Gasteiger partial charge < -0.3 is 9.84 Å². The summed E-state index contributed by atoms with van der Waals surface area (Å²) in [5, 5.41) is 9.53. The van der Waals surface area contributed by atoms with E-state index in [0.717, 1.165) is 26.7 Å². The monoisotopic (exact) mass is 341 g/mol. The van der Waals surface area contributed by atoms with Crippen molar-refractivity contribution in [1.82, 2.24) is 4.98 Å². The molecule has 1 aromatic carbocycles. The third-order valence-corrected chi connectivity index (χ3v) is 3.62. The largest absolute Gasteiger partial charge is 0.483 e. The second-order valence-electron chi connectivity index (χ2n) is 3.97. The highest BCUT2D eigenvalue weighted by molar-refractivity contribution is 9.10. The molecule has 0 saturated carbocycles. The van der Waals surface area contributed by atoms with Gasteiger partial charge in [-0.05, 0) is 46.6 Å². The van der Waals surface area contributed by atoms with Gasteiger partial charge in [0.25, 0.3) is 0 Å². The van der Waals surface area contributed by atoms with Crippen molar-refractivity contribution in [2.75, 3.05) is 11.7 Å². The summed E-state index contributed by atoms with van der Waals surface area (Å²) in [5.41, 5.74) is 1.97. The average Bonchev–Trinajstić information content (AvgIpc) is 2.34. The number of ether oxygens (including phenoxy) is 1. The number of halogens is 1. The Morgan fingerprint density at radius 2 is 2.26 bits per heavy atom. The molecule has 100 valence electrons. The third kappa shape index (κ3) is 3.84. The predicted octanol–water partition coefficient (Wildman–Crippen LogP) is 3.46. The Morgan fingerprint density at radius 1 is 1.47 bits per heavy atom. The number of carboxylic acids is 1. The molecule has 0 amide bonds. The molecule has 0 aliphatic heterocycles. The zero-order valence-electron chi connectivity index (χ0n) is 10.2. The summed E-state index contributed by atoms with van der Waals surface area (Å²) in [6.07, 6.45) is 1.76. The number of thioether (sulfide) groups is 1. The summed E-state index contributed by atoms with van der Waals surface area (Å²) in [6.45, 7) is 1.97. The number of nitrogens with zero attached hydrogens (tertiary/aromatic N) is 1. The van der Waals surface area contributed by atoms with E-state index < -0.39 is 5.97 Å². The maximum atomic E-state index is 10.4. The molecule has 0 aliphatic rings. The molecule has 4 nitrogen and oxygen atoms in total. The van der Waals surface area contributed by atoms with E-state index in [2.05, 4.69) is 20.9 Å². The molecule has 0 fully saturated rings. The SMILES string of the molecule is Cc1cc(OCSCC(=O)O)cc2cc(Br)cnc12. The van der Waals surface area contributed by atoms with Crippen LogP contribution in [0.2, 0.25) is 0 Å². The summed E-state index contributed by atoms with van der Waals surface area (Å²) in [4.78, 5) is 14.7. The van der Waals surface area contributed by atoms with Crippen LogP contribution in [0.3, 0.4) is 0 Å². The number of benzene rings is 1. The fourth-order valence-electron chi connectivity index (χ4n) is 1.69. The maximum Gasteiger partial charge on any atom is 0.313 e.